The molecule has 0 saturated carbocycles. The van der Waals surface area contributed by atoms with Crippen LogP contribution < -0.4 is 4.67 Å². The Morgan fingerprint density at radius 3 is 1.63 bits per heavy atom. The van der Waals surface area contributed by atoms with Crippen LogP contribution in [0.2, 0.25) is 0 Å². The predicted octanol–water partition coefficient (Wildman–Crippen LogP) is 7.82. The van der Waals surface area contributed by atoms with Gasteiger partial charge in [-0.2, -0.15) is 0 Å². The van der Waals surface area contributed by atoms with Gasteiger partial charge in [0.2, 0.25) is 0 Å². The summed E-state index contributed by atoms with van der Waals surface area (Å²) >= 11 is 0. The van der Waals surface area contributed by atoms with Crippen LogP contribution >= 0.6 is 8.16 Å². The monoisotopic (exact) mass is 413 g/mol. The summed E-state index contributed by atoms with van der Waals surface area (Å²) in [6.45, 7) is 6.67. The van der Waals surface area contributed by atoms with E-state index in [9.17, 15) is 0 Å². The maximum atomic E-state index is 6.65. The van der Waals surface area contributed by atoms with Crippen LogP contribution in [0.15, 0.2) is 81.2 Å². The molecule has 1 fully saturated rings. The van der Waals surface area contributed by atoms with Gasteiger partial charge in [-0.15, -0.1) is 0 Å². The van der Waals surface area contributed by atoms with Gasteiger partial charge >= 0.3 is 8.16 Å². The second-order valence-electron chi connectivity index (χ2n) is 8.57. The van der Waals surface area contributed by atoms with Crippen molar-refractivity contribution in [1.82, 2.24) is 0 Å². The van der Waals surface area contributed by atoms with E-state index < -0.39 is 8.16 Å². The molecule has 0 amide bonds. The molecule has 6 rings (SSSR count). The molecular formula is C26H24NO2P. The van der Waals surface area contributed by atoms with Crippen molar-refractivity contribution < 1.29 is 8.39 Å². The van der Waals surface area contributed by atoms with Crippen molar-refractivity contribution in [2.24, 2.45) is 11.8 Å². The molecule has 1 aromatic heterocycles. The van der Waals surface area contributed by atoms with E-state index in [-0.39, 0.29) is 0 Å². The maximum Gasteiger partial charge on any atom is 0.309 e. The van der Waals surface area contributed by atoms with E-state index in [1.165, 1.54) is 21.5 Å². The molecule has 0 N–H and O–H groups in total. The lowest BCUT2D eigenvalue weighted by Crippen LogP contribution is -2.15. The van der Waals surface area contributed by atoms with Crippen LogP contribution in [0.25, 0.3) is 43.5 Å². The fraction of sp³-hybridized carbons (Fsp3) is 0.231. The van der Waals surface area contributed by atoms with E-state index in [4.69, 9.17) is 8.39 Å². The Labute approximate surface area is 176 Å². The lowest BCUT2D eigenvalue weighted by molar-refractivity contribution is 0.494. The van der Waals surface area contributed by atoms with Gasteiger partial charge in [-0.1, -0.05) is 74.5 Å². The van der Waals surface area contributed by atoms with Gasteiger partial charge in [-0.3, -0.25) is 0 Å². The van der Waals surface area contributed by atoms with Gasteiger partial charge in [0.05, 0.1) is 0 Å². The minimum Gasteiger partial charge on any atom is -0.408 e. The number of hydrogen-bond acceptors (Lipinski definition) is 3. The molecule has 4 aromatic carbocycles. The minimum absolute atomic E-state index is 0.648. The molecule has 0 aliphatic carbocycles. The van der Waals surface area contributed by atoms with Crippen molar-refractivity contribution in [3.63, 3.8) is 0 Å². The standard InChI is InChI=1S/C26H24NO2P/c1-17-15-27(16-18(17)2)30-28-23-13-11-19-7-3-5-9-21(19)25(23)26-22-10-6-4-8-20(22)12-14-24(26)29-30/h3-14,17-18H,15-16H2,1-2H3/t17-,18-/m1/s1. The number of nitrogens with zero attached hydrogens (tertiary/aromatic N) is 1. The molecular weight excluding hydrogens is 389 g/mol. The fourth-order valence-electron chi connectivity index (χ4n) is 4.71. The average molecular weight is 413 g/mol. The SMILES string of the molecule is C[C@@H]1CN(p2oc3ccc4ccccc4c3c3c(ccc4ccccc43)o2)C[C@H]1C. The third-order valence-electron chi connectivity index (χ3n) is 6.58. The van der Waals surface area contributed by atoms with Crippen LogP contribution in [0.3, 0.4) is 0 Å². The van der Waals surface area contributed by atoms with E-state index in [2.05, 4.69) is 91.3 Å². The summed E-state index contributed by atoms with van der Waals surface area (Å²) in [6, 6.07) is 25.7. The van der Waals surface area contributed by atoms with E-state index in [1.807, 2.05) is 0 Å². The summed E-state index contributed by atoms with van der Waals surface area (Å²) in [5.74, 6) is 1.30. The van der Waals surface area contributed by atoms with Crippen molar-refractivity contribution in [2.75, 3.05) is 17.8 Å². The highest BCUT2D eigenvalue weighted by Crippen LogP contribution is 2.43. The summed E-state index contributed by atoms with van der Waals surface area (Å²) < 4.78 is 15.7. The van der Waals surface area contributed by atoms with Crippen LogP contribution in [0.4, 0.5) is 0 Å². The third kappa shape index (κ3) is 2.77. The van der Waals surface area contributed by atoms with Crippen molar-refractivity contribution in [3.05, 3.63) is 72.8 Å². The number of fused-ring (bicyclic) bond motifs is 7. The lowest BCUT2D eigenvalue weighted by atomic mass is 9.99. The molecule has 5 aromatic rings. The van der Waals surface area contributed by atoms with Gasteiger partial charge in [0.25, 0.3) is 0 Å². The molecule has 2 atom stereocenters. The highest BCUT2D eigenvalue weighted by atomic mass is 31.1. The molecule has 150 valence electrons. The smallest absolute Gasteiger partial charge is 0.309 e. The molecule has 0 bridgehead atoms. The van der Waals surface area contributed by atoms with Crippen molar-refractivity contribution >= 4 is 51.6 Å². The highest BCUT2D eigenvalue weighted by molar-refractivity contribution is 7.39. The van der Waals surface area contributed by atoms with Crippen molar-refractivity contribution in [3.8, 4) is 0 Å². The van der Waals surface area contributed by atoms with Gasteiger partial charge in [0.1, 0.15) is 11.2 Å². The van der Waals surface area contributed by atoms with Gasteiger partial charge in [-0.25, -0.2) is 4.67 Å². The summed E-state index contributed by atoms with van der Waals surface area (Å²) in [5.41, 5.74) is 1.84. The predicted molar refractivity (Wildman–Crippen MR) is 128 cm³/mol. The molecule has 0 unspecified atom stereocenters. The van der Waals surface area contributed by atoms with Gasteiger partial charge < -0.3 is 8.39 Å². The summed E-state index contributed by atoms with van der Waals surface area (Å²) in [4.78, 5) is 0. The summed E-state index contributed by atoms with van der Waals surface area (Å²) in [7, 11) is -1.20. The minimum atomic E-state index is -1.20. The van der Waals surface area contributed by atoms with Crippen molar-refractivity contribution in [2.45, 2.75) is 13.8 Å². The first-order valence-corrected chi connectivity index (χ1v) is 11.8. The van der Waals surface area contributed by atoms with Crippen LogP contribution in [-0.4, -0.2) is 13.1 Å². The fourth-order valence-corrected chi connectivity index (χ4v) is 6.40. The first-order valence-electron chi connectivity index (χ1n) is 10.6. The van der Waals surface area contributed by atoms with Crippen LogP contribution in [0.1, 0.15) is 13.8 Å². The van der Waals surface area contributed by atoms with Gasteiger partial charge in [0.15, 0.2) is 0 Å². The second kappa shape index (κ2) is 6.91. The molecule has 0 radical (unpaired) electrons. The molecule has 4 heteroatoms. The second-order valence-corrected chi connectivity index (χ2v) is 9.97. The first-order chi connectivity index (χ1) is 14.7. The quantitative estimate of drug-likeness (QED) is 0.280. The van der Waals surface area contributed by atoms with E-state index in [0.717, 1.165) is 35.0 Å². The average Bonchev–Trinajstić information content (AvgIpc) is 3.01. The third-order valence-corrected chi connectivity index (χ3v) is 8.08. The summed E-state index contributed by atoms with van der Waals surface area (Å²) in [6.07, 6.45) is 0. The molecule has 0 spiro atoms. The molecule has 1 aliphatic rings. The van der Waals surface area contributed by atoms with Crippen molar-refractivity contribution in [1.29, 1.82) is 0 Å². The molecule has 1 aliphatic heterocycles. The van der Waals surface area contributed by atoms with Crippen LogP contribution in [0, 0.1) is 11.8 Å². The number of hydrogen-bond donors (Lipinski definition) is 0. The van der Waals surface area contributed by atoms with Crippen LogP contribution in [-0.2, 0) is 0 Å². The van der Waals surface area contributed by atoms with E-state index in [1.54, 1.807) is 0 Å². The Balaban J connectivity index is 1.81. The molecule has 30 heavy (non-hydrogen) atoms. The molecule has 2 heterocycles. The zero-order valence-electron chi connectivity index (χ0n) is 17.2. The van der Waals surface area contributed by atoms with E-state index >= 15 is 0 Å². The Bertz CT molecular complexity index is 1350. The van der Waals surface area contributed by atoms with E-state index in [0.29, 0.717) is 11.8 Å². The zero-order chi connectivity index (χ0) is 20.2. The molecule has 3 nitrogen and oxygen atoms in total. The Kier molecular flexibility index (Phi) is 4.16. The summed E-state index contributed by atoms with van der Waals surface area (Å²) in [5, 5.41) is 7.13. The van der Waals surface area contributed by atoms with Crippen LogP contribution in [0.5, 0.6) is 0 Å². The maximum absolute atomic E-state index is 6.65. The normalized spacial score (nSPS) is 19.9. The highest BCUT2D eigenvalue weighted by Gasteiger charge is 2.30. The van der Waals surface area contributed by atoms with Gasteiger partial charge in [0, 0.05) is 23.9 Å². The Morgan fingerprint density at radius 2 is 1.13 bits per heavy atom. The molecule has 1 saturated heterocycles. The number of rotatable bonds is 1. The zero-order valence-corrected chi connectivity index (χ0v) is 18.1. The topological polar surface area (TPSA) is 29.5 Å². The Hall–Kier alpha value is -2.74. The van der Waals surface area contributed by atoms with Gasteiger partial charge in [-0.05, 0) is 45.5 Å². The lowest BCUT2D eigenvalue weighted by Gasteiger charge is -2.10. The number of benzene rings is 4. The first kappa shape index (κ1) is 18.1. The Morgan fingerprint density at radius 1 is 0.667 bits per heavy atom. The largest absolute Gasteiger partial charge is 0.408 e.